The number of rotatable bonds is 4. The number of hydrogen-bond donors (Lipinski definition) is 0. The molecule has 0 amide bonds. The van der Waals surface area contributed by atoms with E-state index in [1.54, 1.807) is 31.2 Å². The summed E-state index contributed by atoms with van der Waals surface area (Å²) in [6.07, 6.45) is 1.74. The van der Waals surface area contributed by atoms with Gasteiger partial charge in [0.05, 0.1) is 10.5 Å². The van der Waals surface area contributed by atoms with Crippen LogP contribution >= 0.6 is 0 Å². The number of nitrogens with zero attached hydrogens (tertiary/aromatic N) is 1. The number of carbonyl (C=O) groups excluding carboxylic acids is 1. The highest BCUT2D eigenvalue weighted by atomic mass is 32.2. The van der Waals surface area contributed by atoms with E-state index < -0.39 is 16.0 Å². The Balaban J connectivity index is 1.89. The van der Waals surface area contributed by atoms with Crippen molar-refractivity contribution in [2.75, 3.05) is 13.1 Å². The standard InChI is InChI=1S/C20H23NO4S/c1-14-6-8-17(12-16(14)3)25-20(22)19-13-18(9-7-15(19)2)26(23,24)21-10-4-5-11-21/h6-9,12-13H,4-5,10-11H2,1-3H3. The second-order valence-electron chi connectivity index (χ2n) is 6.72. The number of carbonyl (C=O) groups is 1. The normalized spacial score (nSPS) is 15.2. The van der Waals surface area contributed by atoms with Crippen molar-refractivity contribution in [1.82, 2.24) is 4.31 Å². The zero-order valence-electron chi connectivity index (χ0n) is 15.3. The number of esters is 1. The van der Waals surface area contributed by atoms with E-state index in [-0.39, 0.29) is 10.5 Å². The van der Waals surface area contributed by atoms with Gasteiger partial charge in [0, 0.05) is 13.1 Å². The topological polar surface area (TPSA) is 63.7 Å². The maximum atomic E-state index is 12.7. The summed E-state index contributed by atoms with van der Waals surface area (Å²) in [7, 11) is -3.57. The summed E-state index contributed by atoms with van der Waals surface area (Å²) in [5.41, 5.74) is 3.08. The fourth-order valence-corrected chi connectivity index (χ4v) is 4.54. The van der Waals surface area contributed by atoms with Crippen LogP contribution in [0.3, 0.4) is 0 Å². The van der Waals surface area contributed by atoms with E-state index >= 15 is 0 Å². The lowest BCUT2D eigenvalue weighted by molar-refractivity contribution is 0.0733. The second-order valence-corrected chi connectivity index (χ2v) is 8.66. The molecule has 1 heterocycles. The predicted octanol–water partition coefficient (Wildman–Crippen LogP) is 3.62. The monoisotopic (exact) mass is 373 g/mol. The van der Waals surface area contributed by atoms with Crippen LogP contribution in [0.25, 0.3) is 0 Å². The Labute approximate surface area is 154 Å². The van der Waals surface area contributed by atoms with E-state index in [4.69, 9.17) is 4.74 Å². The molecule has 3 rings (SSSR count). The lowest BCUT2D eigenvalue weighted by Gasteiger charge is -2.16. The van der Waals surface area contributed by atoms with E-state index in [2.05, 4.69) is 0 Å². The van der Waals surface area contributed by atoms with Crippen LogP contribution in [0.4, 0.5) is 0 Å². The van der Waals surface area contributed by atoms with Gasteiger partial charge in [0.15, 0.2) is 0 Å². The van der Waals surface area contributed by atoms with Crippen molar-refractivity contribution in [2.24, 2.45) is 0 Å². The minimum Gasteiger partial charge on any atom is -0.423 e. The summed E-state index contributed by atoms with van der Waals surface area (Å²) in [6, 6.07) is 10.1. The van der Waals surface area contributed by atoms with E-state index in [1.165, 1.54) is 10.4 Å². The molecule has 5 nitrogen and oxygen atoms in total. The van der Waals surface area contributed by atoms with Crippen LogP contribution < -0.4 is 4.74 Å². The fraction of sp³-hybridized carbons (Fsp3) is 0.350. The first kappa shape index (κ1) is 18.6. The average Bonchev–Trinajstić information content (AvgIpc) is 3.13. The quantitative estimate of drug-likeness (QED) is 0.607. The van der Waals surface area contributed by atoms with Crippen molar-refractivity contribution in [3.8, 4) is 5.75 Å². The lowest BCUT2D eigenvalue weighted by atomic mass is 10.1. The summed E-state index contributed by atoms with van der Waals surface area (Å²) in [5.74, 6) is -0.102. The Morgan fingerprint density at radius 1 is 0.923 bits per heavy atom. The molecule has 0 N–H and O–H groups in total. The summed E-state index contributed by atoms with van der Waals surface area (Å²) in [5, 5.41) is 0. The molecule has 1 fully saturated rings. The van der Waals surface area contributed by atoms with Gasteiger partial charge in [0.2, 0.25) is 10.0 Å². The fourth-order valence-electron chi connectivity index (χ4n) is 3.00. The highest BCUT2D eigenvalue weighted by Gasteiger charge is 2.28. The Bertz CT molecular complexity index is 944. The van der Waals surface area contributed by atoms with Crippen molar-refractivity contribution < 1.29 is 17.9 Å². The van der Waals surface area contributed by atoms with Gasteiger partial charge in [-0.05, 0) is 74.6 Å². The average molecular weight is 373 g/mol. The van der Waals surface area contributed by atoms with Gasteiger partial charge in [0.1, 0.15) is 5.75 Å². The van der Waals surface area contributed by atoms with Gasteiger partial charge < -0.3 is 4.74 Å². The van der Waals surface area contributed by atoms with Crippen LogP contribution in [0.15, 0.2) is 41.3 Å². The maximum absolute atomic E-state index is 12.7. The molecular formula is C20H23NO4S. The molecular weight excluding hydrogens is 350 g/mol. The zero-order valence-corrected chi connectivity index (χ0v) is 16.1. The van der Waals surface area contributed by atoms with Gasteiger partial charge >= 0.3 is 5.97 Å². The van der Waals surface area contributed by atoms with Crippen LogP contribution in [0.1, 0.15) is 39.9 Å². The predicted molar refractivity (Wildman–Crippen MR) is 100 cm³/mol. The third-order valence-electron chi connectivity index (χ3n) is 4.82. The Morgan fingerprint density at radius 3 is 2.23 bits per heavy atom. The van der Waals surface area contributed by atoms with Gasteiger partial charge in [0.25, 0.3) is 0 Å². The van der Waals surface area contributed by atoms with Crippen LogP contribution in [0.2, 0.25) is 0 Å². The Hall–Kier alpha value is -2.18. The summed E-state index contributed by atoms with van der Waals surface area (Å²) in [6.45, 7) is 6.75. The Morgan fingerprint density at radius 2 is 1.58 bits per heavy atom. The molecule has 0 unspecified atom stereocenters. The molecule has 2 aromatic rings. The highest BCUT2D eigenvalue weighted by molar-refractivity contribution is 7.89. The van der Waals surface area contributed by atoms with E-state index in [0.29, 0.717) is 24.4 Å². The SMILES string of the molecule is Cc1ccc(OC(=O)c2cc(S(=O)(=O)N3CCCC3)ccc2C)cc1C. The number of aryl methyl sites for hydroxylation is 3. The zero-order chi connectivity index (χ0) is 18.9. The molecule has 1 aliphatic heterocycles. The van der Waals surface area contributed by atoms with Gasteiger partial charge in [-0.3, -0.25) is 0 Å². The molecule has 138 valence electrons. The molecule has 1 aliphatic rings. The van der Waals surface area contributed by atoms with Crippen LogP contribution in [0.5, 0.6) is 5.75 Å². The lowest BCUT2D eigenvalue weighted by Crippen LogP contribution is -2.28. The smallest absolute Gasteiger partial charge is 0.343 e. The molecule has 26 heavy (non-hydrogen) atoms. The molecule has 2 aromatic carbocycles. The Kier molecular flexibility index (Phi) is 5.16. The molecule has 0 radical (unpaired) electrons. The minimum absolute atomic E-state index is 0.136. The largest absolute Gasteiger partial charge is 0.423 e. The van der Waals surface area contributed by atoms with Crippen LogP contribution in [-0.2, 0) is 10.0 Å². The van der Waals surface area contributed by atoms with E-state index in [9.17, 15) is 13.2 Å². The molecule has 0 saturated carbocycles. The highest BCUT2D eigenvalue weighted by Crippen LogP contribution is 2.24. The summed E-state index contributed by atoms with van der Waals surface area (Å²) < 4.78 is 32.4. The van der Waals surface area contributed by atoms with Crippen molar-refractivity contribution in [3.05, 3.63) is 58.7 Å². The first-order valence-electron chi connectivity index (χ1n) is 8.69. The second kappa shape index (κ2) is 7.21. The third kappa shape index (κ3) is 3.66. The molecule has 1 saturated heterocycles. The number of sulfonamides is 1. The molecule has 0 bridgehead atoms. The first-order chi connectivity index (χ1) is 12.3. The third-order valence-corrected chi connectivity index (χ3v) is 6.72. The van der Waals surface area contributed by atoms with Gasteiger partial charge in [-0.15, -0.1) is 0 Å². The number of ether oxygens (including phenoxy) is 1. The number of hydrogen-bond acceptors (Lipinski definition) is 4. The minimum atomic E-state index is -3.57. The van der Waals surface area contributed by atoms with Crippen molar-refractivity contribution in [3.63, 3.8) is 0 Å². The summed E-state index contributed by atoms with van der Waals surface area (Å²) >= 11 is 0. The van der Waals surface area contributed by atoms with Gasteiger partial charge in [-0.2, -0.15) is 4.31 Å². The van der Waals surface area contributed by atoms with Crippen molar-refractivity contribution in [2.45, 2.75) is 38.5 Å². The van der Waals surface area contributed by atoms with Crippen molar-refractivity contribution in [1.29, 1.82) is 0 Å². The van der Waals surface area contributed by atoms with Gasteiger partial charge in [-0.1, -0.05) is 12.1 Å². The van der Waals surface area contributed by atoms with Crippen molar-refractivity contribution >= 4 is 16.0 Å². The summed E-state index contributed by atoms with van der Waals surface area (Å²) in [4.78, 5) is 12.7. The molecule has 0 aliphatic carbocycles. The van der Waals surface area contributed by atoms with Crippen LogP contribution in [-0.4, -0.2) is 31.8 Å². The molecule has 6 heteroatoms. The van der Waals surface area contributed by atoms with E-state index in [1.807, 2.05) is 19.9 Å². The molecule has 0 spiro atoms. The van der Waals surface area contributed by atoms with Crippen LogP contribution in [0, 0.1) is 20.8 Å². The molecule has 0 atom stereocenters. The van der Waals surface area contributed by atoms with Gasteiger partial charge in [-0.25, -0.2) is 13.2 Å². The maximum Gasteiger partial charge on any atom is 0.343 e. The number of benzene rings is 2. The van der Waals surface area contributed by atoms with E-state index in [0.717, 1.165) is 24.0 Å². The first-order valence-corrected chi connectivity index (χ1v) is 10.1. The molecule has 0 aromatic heterocycles.